The Labute approximate surface area is 97.8 Å². The van der Waals surface area contributed by atoms with Gasteiger partial charge in [-0.1, -0.05) is 13.3 Å². The fourth-order valence-corrected chi connectivity index (χ4v) is 2.29. The summed E-state index contributed by atoms with van der Waals surface area (Å²) in [5.74, 6) is 0.710. The molecule has 1 aliphatic rings. The highest BCUT2D eigenvalue weighted by molar-refractivity contribution is 5.77. The normalized spacial score (nSPS) is 30.1. The van der Waals surface area contributed by atoms with Crippen LogP contribution < -0.4 is 10.6 Å². The first-order chi connectivity index (χ1) is 7.59. The molecule has 0 aliphatic heterocycles. The molecule has 1 aliphatic carbocycles. The number of aliphatic hydroxyl groups is 1. The molecule has 0 heterocycles. The van der Waals surface area contributed by atoms with Crippen LogP contribution in [0.5, 0.6) is 0 Å². The van der Waals surface area contributed by atoms with Crippen LogP contribution in [0.25, 0.3) is 0 Å². The van der Waals surface area contributed by atoms with Crippen LogP contribution in [0.1, 0.15) is 39.0 Å². The highest BCUT2D eigenvalue weighted by Crippen LogP contribution is 2.33. The first kappa shape index (κ1) is 13.5. The summed E-state index contributed by atoms with van der Waals surface area (Å²) in [6.45, 7) is 2.90. The van der Waals surface area contributed by atoms with Gasteiger partial charge in [0.2, 0.25) is 5.91 Å². The summed E-state index contributed by atoms with van der Waals surface area (Å²) in [6, 6.07) is 0. The third-order valence-electron chi connectivity index (χ3n) is 3.57. The average Bonchev–Trinajstić information content (AvgIpc) is 2.28. The second-order valence-electron chi connectivity index (χ2n) is 4.88. The SMILES string of the molecule is CCC1CCC(O)(CNC(=O)CNC)CC1. The molecule has 0 saturated heterocycles. The number of carbonyl (C=O) groups is 1. The lowest BCUT2D eigenvalue weighted by Crippen LogP contribution is -2.46. The second-order valence-corrected chi connectivity index (χ2v) is 4.88. The number of rotatable bonds is 5. The summed E-state index contributed by atoms with van der Waals surface area (Å²) < 4.78 is 0. The average molecular weight is 228 g/mol. The minimum absolute atomic E-state index is 0.0476. The Morgan fingerprint density at radius 1 is 1.44 bits per heavy atom. The molecule has 0 unspecified atom stereocenters. The standard InChI is InChI=1S/C12H24N2O2/c1-3-10-4-6-12(16,7-5-10)9-14-11(15)8-13-2/h10,13,16H,3-9H2,1-2H3,(H,14,15). The van der Waals surface area contributed by atoms with E-state index in [1.807, 2.05) is 0 Å². The van der Waals surface area contributed by atoms with Crippen molar-refractivity contribution in [1.29, 1.82) is 0 Å². The Kier molecular flexibility index (Phi) is 5.22. The van der Waals surface area contributed by atoms with Crippen LogP contribution in [0.3, 0.4) is 0 Å². The van der Waals surface area contributed by atoms with Gasteiger partial charge in [-0.2, -0.15) is 0 Å². The molecule has 94 valence electrons. The van der Waals surface area contributed by atoms with E-state index in [9.17, 15) is 9.90 Å². The van der Waals surface area contributed by atoms with Crippen molar-refractivity contribution in [2.45, 2.75) is 44.6 Å². The molecular formula is C12H24N2O2. The van der Waals surface area contributed by atoms with Crippen molar-refractivity contribution < 1.29 is 9.90 Å². The Balaban J connectivity index is 2.28. The van der Waals surface area contributed by atoms with E-state index in [1.165, 1.54) is 6.42 Å². The maximum absolute atomic E-state index is 11.3. The molecule has 0 radical (unpaired) electrons. The molecule has 4 heteroatoms. The van der Waals surface area contributed by atoms with E-state index in [0.717, 1.165) is 31.6 Å². The smallest absolute Gasteiger partial charge is 0.234 e. The fourth-order valence-electron chi connectivity index (χ4n) is 2.29. The highest BCUT2D eigenvalue weighted by Gasteiger charge is 2.32. The van der Waals surface area contributed by atoms with Crippen LogP contribution in [0.2, 0.25) is 0 Å². The van der Waals surface area contributed by atoms with Crippen molar-refractivity contribution in [3.05, 3.63) is 0 Å². The summed E-state index contributed by atoms with van der Waals surface area (Å²) in [7, 11) is 1.74. The van der Waals surface area contributed by atoms with Crippen LogP contribution in [-0.2, 0) is 4.79 Å². The fraction of sp³-hybridized carbons (Fsp3) is 0.917. The molecule has 4 nitrogen and oxygen atoms in total. The van der Waals surface area contributed by atoms with Gasteiger partial charge in [-0.3, -0.25) is 4.79 Å². The summed E-state index contributed by atoms with van der Waals surface area (Å²) in [5.41, 5.74) is -0.672. The lowest BCUT2D eigenvalue weighted by atomic mass is 9.78. The van der Waals surface area contributed by atoms with Gasteiger partial charge in [0, 0.05) is 6.54 Å². The van der Waals surface area contributed by atoms with Gasteiger partial charge in [-0.15, -0.1) is 0 Å². The lowest BCUT2D eigenvalue weighted by Gasteiger charge is -2.35. The molecule has 1 rings (SSSR count). The zero-order valence-corrected chi connectivity index (χ0v) is 10.4. The maximum Gasteiger partial charge on any atom is 0.234 e. The molecule has 0 atom stereocenters. The number of hydrogen-bond donors (Lipinski definition) is 3. The molecule has 3 N–H and O–H groups in total. The summed E-state index contributed by atoms with van der Waals surface area (Å²) in [5, 5.41) is 15.8. The first-order valence-corrected chi connectivity index (χ1v) is 6.23. The summed E-state index contributed by atoms with van der Waals surface area (Å²) in [6.07, 6.45) is 4.97. The predicted octanol–water partition coefficient (Wildman–Crippen LogP) is 0.653. The largest absolute Gasteiger partial charge is 0.388 e. The quantitative estimate of drug-likeness (QED) is 0.647. The van der Waals surface area contributed by atoms with Gasteiger partial charge in [0.05, 0.1) is 12.1 Å². The first-order valence-electron chi connectivity index (χ1n) is 6.23. The van der Waals surface area contributed by atoms with E-state index in [2.05, 4.69) is 17.6 Å². The van der Waals surface area contributed by atoms with Crippen molar-refractivity contribution >= 4 is 5.91 Å². The van der Waals surface area contributed by atoms with Crippen LogP contribution in [0, 0.1) is 5.92 Å². The van der Waals surface area contributed by atoms with Crippen molar-refractivity contribution in [1.82, 2.24) is 10.6 Å². The van der Waals surface area contributed by atoms with E-state index >= 15 is 0 Å². The van der Waals surface area contributed by atoms with Gasteiger partial charge in [0.1, 0.15) is 0 Å². The van der Waals surface area contributed by atoms with Crippen molar-refractivity contribution in [2.24, 2.45) is 5.92 Å². The Hall–Kier alpha value is -0.610. The van der Waals surface area contributed by atoms with Gasteiger partial charge >= 0.3 is 0 Å². The number of likely N-dealkylation sites (N-methyl/N-ethyl adjacent to an activating group) is 1. The minimum atomic E-state index is -0.672. The zero-order chi connectivity index (χ0) is 12.0. The number of hydrogen-bond acceptors (Lipinski definition) is 3. The lowest BCUT2D eigenvalue weighted by molar-refractivity contribution is -0.121. The second kappa shape index (κ2) is 6.21. The summed E-state index contributed by atoms with van der Waals surface area (Å²) in [4.78, 5) is 11.3. The van der Waals surface area contributed by atoms with Crippen molar-refractivity contribution in [2.75, 3.05) is 20.1 Å². The molecule has 0 aromatic rings. The Morgan fingerprint density at radius 2 is 2.06 bits per heavy atom. The Bertz CT molecular complexity index is 223. The monoisotopic (exact) mass is 228 g/mol. The van der Waals surface area contributed by atoms with E-state index < -0.39 is 5.60 Å². The molecule has 1 amide bonds. The molecule has 0 bridgehead atoms. The molecule has 16 heavy (non-hydrogen) atoms. The molecule has 1 saturated carbocycles. The molecule has 0 aromatic carbocycles. The molecular weight excluding hydrogens is 204 g/mol. The molecule has 1 fully saturated rings. The van der Waals surface area contributed by atoms with Crippen molar-refractivity contribution in [3.63, 3.8) is 0 Å². The van der Waals surface area contributed by atoms with Crippen molar-refractivity contribution in [3.8, 4) is 0 Å². The number of nitrogens with one attached hydrogen (secondary N) is 2. The van der Waals surface area contributed by atoms with E-state index in [0.29, 0.717) is 13.1 Å². The van der Waals surface area contributed by atoms with Gasteiger partial charge in [-0.25, -0.2) is 0 Å². The number of carbonyl (C=O) groups excluding carboxylic acids is 1. The van der Waals surface area contributed by atoms with Gasteiger partial charge in [-0.05, 0) is 38.6 Å². The van der Waals surface area contributed by atoms with E-state index in [4.69, 9.17) is 0 Å². The highest BCUT2D eigenvalue weighted by atomic mass is 16.3. The van der Waals surface area contributed by atoms with Crippen LogP contribution in [0.4, 0.5) is 0 Å². The summed E-state index contributed by atoms with van der Waals surface area (Å²) >= 11 is 0. The Morgan fingerprint density at radius 3 is 2.56 bits per heavy atom. The van der Waals surface area contributed by atoms with Gasteiger partial charge < -0.3 is 15.7 Å². The maximum atomic E-state index is 11.3. The van der Waals surface area contributed by atoms with Crippen LogP contribution in [-0.4, -0.2) is 36.8 Å². The topological polar surface area (TPSA) is 61.4 Å². The van der Waals surface area contributed by atoms with E-state index in [-0.39, 0.29) is 5.91 Å². The number of amides is 1. The zero-order valence-electron chi connectivity index (χ0n) is 10.4. The minimum Gasteiger partial charge on any atom is -0.388 e. The third-order valence-corrected chi connectivity index (χ3v) is 3.57. The molecule has 0 spiro atoms. The predicted molar refractivity (Wildman–Crippen MR) is 64.1 cm³/mol. The third kappa shape index (κ3) is 4.10. The van der Waals surface area contributed by atoms with Gasteiger partial charge in [0.25, 0.3) is 0 Å². The molecule has 0 aromatic heterocycles. The van der Waals surface area contributed by atoms with E-state index in [1.54, 1.807) is 7.05 Å². The van der Waals surface area contributed by atoms with Crippen LogP contribution >= 0.6 is 0 Å². The van der Waals surface area contributed by atoms with Gasteiger partial charge in [0.15, 0.2) is 0 Å². The van der Waals surface area contributed by atoms with Crippen LogP contribution in [0.15, 0.2) is 0 Å².